The van der Waals surface area contributed by atoms with Gasteiger partial charge in [-0.3, -0.25) is 4.98 Å². The van der Waals surface area contributed by atoms with Crippen LogP contribution < -0.4 is 0 Å². The summed E-state index contributed by atoms with van der Waals surface area (Å²) in [5.74, 6) is 0.0927. The Bertz CT molecular complexity index is 338. The zero-order chi connectivity index (χ0) is 8.55. The second kappa shape index (κ2) is 2.79. The molecule has 2 rings (SSSR count). The van der Waals surface area contributed by atoms with Gasteiger partial charge in [-0.25, -0.2) is 4.79 Å². The number of nitrogens with zero attached hydrogens (tertiary/aromatic N) is 1. The molecule has 0 bridgehead atoms. The molecule has 1 aliphatic rings. The molecule has 0 saturated heterocycles. The van der Waals surface area contributed by atoms with Crippen LogP contribution in [0.3, 0.4) is 0 Å². The Balaban J connectivity index is 2.56. The Hall–Kier alpha value is -1.03. The molecule has 12 heavy (non-hydrogen) atoms. The highest BCUT2D eigenvalue weighted by Crippen LogP contribution is 2.33. The monoisotopic (exact) mass is 181 g/mol. The van der Waals surface area contributed by atoms with Crippen LogP contribution in [0, 0.1) is 0 Å². The number of carbonyl (C=O) groups is 1. The SMILES string of the molecule is O=C(O)c1cncc2c1SCC2. The molecule has 0 spiro atoms. The number of fused-ring (bicyclic) bond motifs is 1. The van der Waals surface area contributed by atoms with Crippen molar-refractivity contribution >= 4 is 17.7 Å². The molecule has 0 unspecified atom stereocenters. The molecule has 0 aromatic carbocycles. The van der Waals surface area contributed by atoms with Crippen molar-refractivity contribution in [1.82, 2.24) is 4.98 Å². The lowest BCUT2D eigenvalue weighted by atomic mass is 10.2. The first-order valence-corrected chi connectivity index (χ1v) is 4.60. The molecule has 1 aliphatic heterocycles. The van der Waals surface area contributed by atoms with Crippen LogP contribution in [-0.2, 0) is 6.42 Å². The summed E-state index contributed by atoms with van der Waals surface area (Å²) in [6.07, 6.45) is 4.11. The van der Waals surface area contributed by atoms with Crippen LogP contribution in [-0.4, -0.2) is 21.8 Å². The molecule has 1 aromatic rings. The van der Waals surface area contributed by atoms with Gasteiger partial charge in [0, 0.05) is 23.0 Å². The lowest BCUT2D eigenvalue weighted by Crippen LogP contribution is -2.00. The summed E-state index contributed by atoms with van der Waals surface area (Å²) >= 11 is 1.60. The number of carboxylic acid groups (broad SMARTS) is 1. The number of aryl methyl sites for hydroxylation is 1. The molecule has 1 aromatic heterocycles. The van der Waals surface area contributed by atoms with E-state index in [9.17, 15) is 4.79 Å². The van der Waals surface area contributed by atoms with E-state index in [1.807, 2.05) is 0 Å². The maximum atomic E-state index is 10.7. The van der Waals surface area contributed by atoms with Crippen LogP contribution >= 0.6 is 11.8 Å². The predicted molar refractivity (Wildman–Crippen MR) is 45.6 cm³/mol. The van der Waals surface area contributed by atoms with E-state index in [1.165, 1.54) is 6.20 Å². The summed E-state index contributed by atoms with van der Waals surface area (Å²) in [5, 5.41) is 8.80. The van der Waals surface area contributed by atoms with E-state index < -0.39 is 5.97 Å². The summed E-state index contributed by atoms with van der Waals surface area (Å²) < 4.78 is 0. The van der Waals surface area contributed by atoms with Crippen molar-refractivity contribution in [3.63, 3.8) is 0 Å². The third-order valence-electron chi connectivity index (χ3n) is 1.82. The van der Waals surface area contributed by atoms with Crippen molar-refractivity contribution in [2.75, 3.05) is 5.75 Å². The van der Waals surface area contributed by atoms with E-state index in [0.717, 1.165) is 22.6 Å². The number of aromatic nitrogens is 1. The third kappa shape index (κ3) is 1.08. The summed E-state index contributed by atoms with van der Waals surface area (Å²) in [6, 6.07) is 0. The van der Waals surface area contributed by atoms with Crippen molar-refractivity contribution in [1.29, 1.82) is 0 Å². The summed E-state index contributed by atoms with van der Waals surface area (Å²) in [6.45, 7) is 0. The number of hydrogen-bond donors (Lipinski definition) is 1. The molecule has 2 heterocycles. The molecule has 4 heteroatoms. The number of rotatable bonds is 1. The average Bonchev–Trinajstić information content (AvgIpc) is 2.49. The predicted octanol–water partition coefficient (Wildman–Crippen LogP) is 1.43. The highest BCUT2D eigenvalue weighted by Gasteiger charge is 2.19. The van der Waals surface area contributed by atoms with Gasteiger partial charge in [0.05, 0.1) is 5.56 Å². The van der Waals surface area contributed by atoms with Gasteiger partial charge in [0.25, 0.3) is 0 Å². The quantitative estimate of drug-likeness (QED) is 0.712. The standard InChI is InChI=1S/C8H7NO2S/c10-8(11)6-4-9-3-5-1-2-12-7(5)6/h3-4H,1-2H2,(H,10,11). The molecule has 3 nitrogen and oxygen atoms in total. The fourth-order valence-corrected chi connectivity index (χ4v) is 2.42. The van der Waals surface area contributed by atoms with Crippen LogP contribution in [0.2, 0.25) is 0 Å². The van der Waals surface area contributed by atoms with Crippen molar-refractivity contribution in [2.24, 2.45) is 0 Å². The van der Waals surface area contributed by atoms with Gasteiger partial charge in [0.1, 0.15) is 0 Å². The Labute approximate surface area is 73.8 Å². The number of thioether (sulfide) groups is 1. The van der Waals surface area contributed by atoms with E-state index in [1.54, 1.807) is 18.0 Å². The van der Waals surface area contributed by atoms with Gasteiger partial charge in [-0.05, 0) is 12.0 Å². The van der Waals surface area contributed by atoms with Gasteiger partial charge in [0.15, 0.2) is 0 Å². The normalized spacial score (nSPS) is 14.3. The lowest BCUT2D eigenvalue weighted by molar-refractivity contribution is 0.0692. The minimum atomic E-state index is -0.881. The van der Waals surface area contributed by atoms with Gasteiger partial charge in [-0.15, -0.1) is 11.8 Å². The number of hydrogen-bond acceptors (Lipinski definition) is 3. The highest BCUT2D eigenvalue weighted by atomic mass is 32.2. The summed E-state index contributed by atoms with van der Waals surface area (Å²) in [4.78, 5) is 15.5. The summed E-state index contributed by atoms with van der Waals surface area (Å²) in [7, 11) is 0. The van der Waals surface area contributed by atoms with Gasteiger partial charge in [0.2, 0.25) is 0 Å². The van der Waals surface area contributed by atoms with Crippen molar-refractivity contribution in [2.45, 2.75) is 11.3 Å². The van der Waals surface area contributed by atoms with Crippen LogP contribution in [0.4, 0.5) is 0 Å². The van der Waals surface area contributed by atoms with Gasteiger partial charge >= 0.3 is 5.97 Å². The second-order valence-electron chi connectivity index (χ2n) is 2.58. The van der Waals surface area contributed by atoms with Crippen molar-refractivity contribution in [3.05, 3.63) is 23.5 Å². The van der Waals surface area contributed by atoms with E-state index in [0.29, 0.717) is 5.56 Å². The average molecular weight is 181 g/mol. The Kier molecular flexibility index (Phi) is 1.77. The zero-order valence-electron chi connectivity index (χ0n) is 6.28. The van der Waals surface area contributed by atoms with Crippen LogP contribution in [0.1, 0.15) is 15.9 Å². The second-order valence-corrected chi connectivity index (χ2v) is 3.68. The fourth-order valence-electron chi connectivity index (χ4n) is 1.26. The van der Waals surface area contributed by atoms with Crippen molar-refractivity contribution in [3.8, 4) is 0 Å². The van der Waals surface area contributed by atoms with Crippen molar-refractivity contribution < 1.29 is 9.90 Å². The fraction of sp³-hybridized carbons (Fsp3) is 0.250. The first-order chi connectivity index (χ1) is 5.79. The van der Waals surface area contributed by atoms with Gasteiger partial charge in [-0.1, -0.05) is 0 Å². The molecule has 0 amide bonds. The molecule has 0 radical (unpaired) electrons. The maximum absolute atomic E-state index is 10.7. The molecular formula is C8H7NO2S. The van der Waals surface area contributed by atoms with Crippen LogP contribution in [0.5, 0.6) is 0 Å². The van der Waals surface area contributed by atoms with E-state index in [2.05, 4.69) is 4.98 Å². The van der Waals surface area contributed by atoms with E-state index in [4.69, 9.17) is 5.11 Å². The molecule has 1 N–H and O–H groups in total. The molecule has 0 atom stereocenters. The van der Waals surface area contributed by atoms with Crippen LogP contribution in [0.25, 0.3) is 0 Å². The van der Waals surface area contributed by atoms with E-state index in [-0.39, 0.29) is 0 Å². The lowest BCUT2D eigenvalue weighted by Gasteiger charge is -2.00. The summed E-state index contributed by atoms with van der Waals surface area (Å²) in [5.41, 5.74) is 1.41. The third-order valence-corrected chi connectivity index (χ3v) is 3.00. The number of aromatic carboxylic acids is 1. The number of carboxylic acids is 1. The topological polar surface area (TPSA) is 50.2 Å². The Morgan fingerprint density at radius 2 is 2.42 bits per heavy atom. The Morgan fingerprint density at radius 3 is 3.17 bits per heavy atom. The minimum absolute atomic E-state index is 0.343. The minimum Gasteiger partial charge on any atom is -0.478 e. The Morgan fingerprint density at radius 1 is 1.58 bits per heavy atom. The first-order valence-electron chi connectivity index (χ1n) is 3.62. The maximum Gasteiger partial charge on any atom is 0.338 e. The molecule has 62 valence electrons. The molecule has 0 aliphatic carbocycles. The smallest absolute Gasteiger partial charge is 0.338 e. The largest absolute Gasteiger partial charge is 0.478 e. The molecule has 0 saturated carbocycles. The van der Waals surface area contributed by atoms with E-state index >= 15 is 0 Å². The molecular weight excluding hydrogens is 174 g/mol. The zero-order valence-corrected chi connectivity index (χ0v) is 7.10. The van der Waals surface area contributed by atoms with Gasteiger partial charge < -0.3 is 5.11 Å². The molecule has 0 fully saturated rings. The highest BCUT2D eigenvalue weighted by molar-refractivity contribution is 7.99. The number of pyridine rings is 1. The van der Waals surface area contributed by atoms with Crippen LogP contribution in [0.15, 0.2) is 17.3 Å². The first kappa shape index (κ1) is 7.61. The van der Waals surface area contributed by atoms with Gasteiger partial charge in [-0.2, -0.15) is 0 Å².